The van der Waals surface area contributed by atoms with Gasteiger partial charge in [0.1, 0.15) is 5.75 Å². The Hall–Kier alpha value is -2.24. The van der Waals surface area contributed by atoms with E-state index in [-0.39, 0.29) is 11.9 Å². The second-order valence-corrected chi connectivity index (χ2v) is 5.08. The number of carbonyl (C=O) groups excluding carboxylic acids is 2. The van der Waals surface area contributed by atoms with E-state index in [9.17, 15) is 9.59 Å². The van der Waals surface area contributed by atoms with Crippen molar-refractivity contribution >= 4 is 11.9 Å². The molecule has 6 nitrogen and oxygen atoms in total. The molecule has 1 N–H and O–H groups in total. The highest BCUT2D eigenvalue weighted by atomic mass is 16.6. The van der Waals surface area contributed by atoms with Crippen LogP contribution < -0.4 is 19.5 Å². The maximum absolute atomic E-state index is 11.8. The monoisotopic (exact) mass is 323 g/mol. The van der Waals surface area contributed by atoms with Gasteiger partial charge in [-0.25, -0.2) is 0 Å². The summed E-state index contributed by atoms with van der Waals surface area (Å²) in [6.07, 6.45) is 4.27. The van der Waals surface area contributed by atoms with Crippen LogP contribution in [0.2, 0.25) is 0 Å². The number of carbonyl (C=O) groups is 2. The lowest BCUT2D eigenvalue weighted by atomic mass is 10.1. The van der Waals surface area contributed by atoms with Crippen LogP contribution in [0.15, 0.2) is 18.2 Å². The Morgan fingerprint density at radius 1 is 0.957 bits per heavy atom. The molecule has 1 amide bonds. The Balaban J connectivity index is 2.30. The van der Waals surface area contributed by atoms with E-state index in [1.807, 2.05) is 0 Å². The van der Waals surface area contributed by atoms with Crippen molar-refractivity contribution in [2.75, 3.05) is 21.3 Å². The smallest absolute Gasteiger partial charge is 0.311 e. The van der Waals surface area contributed by atoms with Gasteiger partial charge in [0.15, 0.2) is 11.5 Å². The summed E-state index contributed by atoms with van der Waals surface area (Å²) in [6, 6.07) is 5.03. The highest BCUT2D eigenvalue weighted by molar-refractivity contribution is 5.75. The summed E-state index contributed by atoms with van der Waals surface area (Å²) in [5, 5.41) is 2.59. The van der Waals surface area contributed by atoms with E-state index in [0.29, 0.717) is 30.1 Å². The molecule has 1 rings (SSSR count). The van der Waals surface area contributed by atoms with Crippen LogP contribution in [0, 0.1) is 0 Å². The van der Waals surface area contributed by atoms with Crippen molar-refractivity contribution in [3.05, 3.63) is 18.2 Å². The van der Waals surface area contributed by atoms with Gasteiger partial charge in [0, 0.05) is 26.0 Å². The number of rotatable bonds is 10. The summed E-state index contributed by atoms with van der Waals surface area (Å²) in [4.78, 5) is 22.9. The lowest BCUT2D eigenvalue weighted by Crippen LogP contribution is -2.16. The summed E-state index contributed by atoms with van der Waals surface area (Å²) in [6.45, 7) is 0. The van der Waals surface area contributed by atoms with Crippen molar-refractivity contribution < 1.29 is 23.8 Å². The van der Waals surface area contributed by atoms with E-state index >= 15 is 0 Å². The lowest BCUT2D eigenvalue weighted by molar-refractivity contribution is -0.134. The molecule has 0 radical (unpaired) electrons. The predicted molar refractivity (Wildman–Crippen MR) is 86.9 cm³/mol. The average molecular weight is 323 g/mol. The largest absolute Gasteiger partial charge is 0.497 e. The molecule has 0 saturated carbocycles. The van der Waals surface area contributed by atoms with Crippen molar-refractivity contribution in [3.63, 3.8) is 0 Å². The molecule has 1 aromatic carbocycles. The van der Waals surface area contributed by atoms with Crippen LogP contribution in [0.4, 0.5) is 0 Å². The molecular weight excluding hydrogens is 298 g/mol. The van der Waals surface area contributed by atoms with Crippen molar-refractivity contribution in [1.29, 1.82) is 0 Å². The van der Waals surface area contributed by atoms with Gasteiger partial charge >= 0.3 is 5.97 Å². The van der Waals surface area contributed by atoms with Crippen LogP contribution in [-0.2, 0) is 9.59 Å². The molecule has 0 aliphatic rings. The minimum absolute atomic E-state index is 0.0519. The zero-order valence-corrected chi connectivity index (χ0v) is 14.0. The van der Waals surface area contributed by atoms with Gasteiger partial charge in [-0.05, 0) is 25.0 Å². The first-order valence-electron chi connectivity index (χ1n) is 7.74. The van der Waals surface area contributed by atoms with Crippen LogP contribution in [-0.4, -0.2) is 33.1 Å². The molecule has 0 saturated heterocycles. The van der Waals surface area contributed by atoms with E-state index in [1.165, 1.54) is 7.11 Å². The summed E-state index contributed by atoms with van der Waals surface area (Å²) in [7, 11) is 4.70. The number of unbranched alkanes of at least 4 members (excludes halogenated alkanes) is 3. The molecule has 128 valence electrons. The molecular formula is C17H25NO5. The summed E-state index contributed by atoms with van der Waals surface area (Å²) >= 11 is 0. The van der Waals surface area contributed by atoms with E-state index in [4.69, 9.17) is 14.2 Å². The van der Waals surface area contributed by atoms with E-state index in [0.717, 1.165) is 25.7 Å². The topological polar surface area (TPSA) is 73.9 Å². The molecule has 0 fully saturated rings. The van der Waals surface area contributed by atoms with Gasteiger partial charge in [0.2, 0.25) is 5.91 Å². The first-order valence-corrected chi connectivity index (χ1v) is 7.74. The minimum Gasteiger partial charge on any atom is -0.497 e. The number of nitrogens with one attached hydrogen (secondary N) is 1. The molecule has 0 aliphatic heterocycles. The highest BCUT2D eigenvalue weighted by Crippen LogP contribution is 2.31. The Labute approximate surface area is 137 Å². The zero-order valence-electron chi connectivity index (χ0n) is 14.0. The van der Waals surface area contributed by atoms with Crippen molar-refractivity contribution in [3.8, 4) is 17.2 Å². The van der Waals surface area contributed by atoms with Gasteiger partial charge in [-0.2, -0.15) is 0 Å². The Kier molecular flexibility index (Phi) is 8.57. The minimum atomic E-state index is -0.292. The molecule has 0 atom stereocenters. The third-order valence-electron chi connectivity index (χ3n) is 3.41. The lowest BCUT2D eigenvalue weighted by Gasteiger charge is -2.10. The standard InChI is InChI=1S/C17H25NO5/c1-18-16(19)8-6-4-5-7-9-17(20)23-14-11-10-13(21-2)12-15(14)22-3/h10-12H,4-9H2,1-3H3,(H,18,19). The zero-order chi connectivity index (χ0) is 17.1. The number of hydrogen-bond acceptors (Lipinski definition) is 5. The predicted octanol–water partition coefficient (Wildman–Crippen LogP) is 2.70. The van der Waals surface area contributed by atoms with Gasteiger partial charge in [0.25, 0.3) is 0 Å². The average Bonchev–Trinajstić information content (AvgIpc) is 2.57. The Morgan fingerprint density at radius 3 is 2.26 bits per heavy atom. The molecule has 0 aliphatic carbocycles. The number of amides is 1. The first-order chi connectivity index (χ1) is 11.1. The SMILES string of the molecule is CNC(=O)CCCCCCC(=O)Oc1ccc(OC)cc1OC. The fraction of sp³-hybridized carbons (Fsp3) is 0.529. The first kappa shape index (κ1) is 18.8. The molecule has 0 heterocycles. The molecule has 0 spiro atoms. The van der Waals surface area contributed by atoms with Crippen LogP contribution in [0.25, 0.3) is 0 Å². The molecule has 6 heteroatoms. The number of esters is 1. The van der Waals surface area contributed by atoms with Gasteiger partial charge in [-0.1, -0.05) is 12.8 Å². The van der Waals surface area contributed by atoms with E-state index < -0.39 is 0 Å². The number of ether oxygens (including phenoxy) is 3. The Bertz CT molecular complexity index is 516. The molecule has 0 bridgehead atoms. The second kappa shape index (κ2) is 10.5. The number of hydrogen-bond donors (Lipinski definition) is 1. The molecule has 23 heavy (non-hydrogen) atoms. The summed E-state index contributed by atoms with van der Waals surface area (Å²) in [5.41, 5.74) is 0. The van der Waals surface area contributed by atoms with Crippen LogP contribution in [0.5, 0.6) is 17.2 Å². The third kappa shape index (κ3) is 7.04. The normalized spacial score (nSPS) is 10.0. The fourth-order valence-corrected chi connectivity index (χ4v) is 2.07. The fourth-order valence-electron chi connectivity index (χ4n) is 2.07. The maximum atomic E-state index is 11.8. The summed E-state index contributed by atoms with van der Waals surface area (Å²) in [5.74, 6) is 1.25. The van der Waals surface area contributed by atoms with Crippen molar-refractivity contribution in [1.82, 2.24) is 5.32 Å². The van der Waals surface area contributed by atoms with Gasteiger partial charge in [-0.15, -0.1) is 0 Å². The second-order valence-electron chi connectivity index (χ2n) is 5.08. The third-order valence-corrected chi connectivity index (χ3v) is 3.41. The van der Waals surface area contributed by atoms with Crippen LogP contribution >= 0.6 is 0 Å². The molecule has 0 aromatic heterocycles. The van der Waals surface area contributed by atoms with Gasteiger partial charge in [-0.3, -0.25) is 9.59 Å². The van der Waals surface area contributed by atoms with Crippen LogP contribution in [0.3, 0.4) is 0 Å². The van der Waals surface area contributed by atoms with E-state index in [1.54, 1.807) is 32.4 Å². The molecule has 1 aromatic rings. The van der Waals surface area contributed by atoms with E-state index in [2.05, 4.69) is 5.32 Å². The Morgan fingerprint density at radius 2 is 1.65 bits per heavy atom. The quantitative estimate of drug-likeness (QED) is 0.407. The number of benzene rings is 1. The maximum Gasteiger partial charge on any atom is 0.311 e. The number of methoxy groups -OCH3 is 2. The van der Waals surface area contributed by atoms with Gasteiger partial charge < -0.3 is 19.5 Å². The highest BCUT2D eigenvalue weighted by Gasteiger charge is 2.11. The molecule has 0 unspecified atom stereocenters. The van der Waals surface area contributed by atoms with Crippen molar-refractivity contribution in [2.24, 2.45) is 0 Å². The van der Waals surface area contributed by atoms with Gasteiger partial charge in [0.05, 0.1) is 14.2 Å². The van der Waals surface area contributed by atoms with Crippen LogP contribution in [0.1, 0.15) is 38.5 Å². The summed E-state index contributed by atoms with van der Waals surface area (Å²) < 4.78 is 15.6. The van der Waals surface area contributed by atoms with Crippen molar-refractivity contribution in [2.45, 2.75) is 38.5 Å².